The van der Waals surface area contributed by atoms with E-state index in [1.807, 2.05) is 6.92 Å². The number of carbonyl (C=O) groups excluding carboxylic acids is 2. The standard InChI is InChI=1S/C14H16N4O2/c1-9(13-15-6-7-16-13)17-14(20)18-12-5-3-4-11(8-12)10(2)19/h3-9H,1-2H3,(H,15,16)(H2,17,18,20). The molecule has 2 aromatic rings. The first kappa shape index (κ1) is 13.8. The molecule has 3 N–H and O–H groups in total. The lowest BCUT2D eigenvalue weighted by atomic mass is 10.1. The molecule has 0 saturated carbocycles. The second-order valence-electron chi connectivity index (χ2n) is 4.43. The molecule has 0 aliphatic carbocycles. The number of anilines is 1. The number of amides is 2. The first-order valence-electron chi connectivity index (χ1n) is 6.24. The molecule has 2 amide bonds. The monoisotopic (exact) mass is 272 g/mol. The minimum Gasteiger partial charge on any atom is -0.347 e. The number of Topliss-reactive ketones (excluding diaryl/α,β-unsaturated/α-hetero) is 1. The van der Waals surface area contributed by atoms with Crippen LogP contribution in [-0.4, -0.2) is 21.8 Å². The van der Waals surface area contributed by atoms with Crippen LogP contribution in [0.5, 0.6) is 0 Å². The van der Waals surface area contributed by atoms with Crippen molar-refractivity contribution in [1.82, 2.24) is 15.3 Å². The van der Waals surface area contributed by atoms with Gasteiger partial charge in [-0.1, -0.05) is 12.1 Å². The van der Waals surface area contributed by atoms with E-state index in [0.717, 1.165) is 0 Å². The Balaban J connectivity index is 1.98. The highest BCUT2D eigenvalue weighted by molar-refractivity contribution is 5.96. The van der Waals surface area contributed by atoms with Gasteiger partial charge in [-0.3, -0.25) is 4.79 Å². The van der Waals surface area contributed by atoms with E-state index in [1.54, 1.807) is 36.7 Å². The first-order valence-corrected chi connectivity index (χ1v) is 6.24. The third-order valence-corrected chi connectivity index (χ3v) is 2.80. The Hall–Kier alpha value is -2.63. The number of imidazole rings is 1. The van der Waals surface area contributed by atoms with Gasteiger partial charge in [0, 0.05) is 23.6 Å². The van der Waals surface area contributed by atoms with E-state index >= 15 is 0 Å². The molecule has 20 heavy (non-hydrogen) atoms. The van der Waals surface area contributed by atoms with Crippen LogP contribution in [0.2, 0.25) is 0 Å². The highest BCUT2D eigenvalue weighted by Crippen LogP contribution is 2.12. The van der Waals surface area contributed by atoms with Crippen molar-refractivity contribution in [2.24, 2.45) is 0 Å². The Labute approximate surface area is 116 Å². The third-order valence-electron chi connectivity index (χ3n) is 2.80. The molecule has 0 aliphatic heterocycles. The van der Waals surface area contributed by atoms with E-state index in [4.69, 9.17) is 0 Å². The van der Waals surface area contributed by atoms with E-state index in [1.165, 1.54) is 6.92 Å². The molecular formula is C14H16N4O2. The van der Waals surface area contributed by atoms with Crippen LogP contribution in [-0.2, 0) is 0 Å². The van der Waals surface area contributed by atoms with Gasteiger partial charge in [-0.15, -0.1) is 0 Å². The van der Waals surface area contributed by atoms with E-state index in [2.05, 4.69) is 20.6 Å². The van der Waals surface area contributed by atoms with Gasteiger partial charge in [0.2, 0.25) is 0 Å². The van der Waals surface area contributed by atoms with Gasteiger partial charge in [-0.25, -0.2) is 9.78 Å². The summed E-state index contributed by atoms with van der Waals surface area (Å²) in [4.78, 5) is 30.1. The number of benzene rings is 1. The Bertz CT molecular complexity index is 607. The zero-order chi connectivity index (χ0) is 14.5. The van der Waals surface area contributed by atoms with Gasteiger partial charge < -0.3 is 15.6 Å². The zero-order valence-electron chi connectivity index (χ0n) is 11.3. The fraction of sp³-hybridized carbons (Fsp3) is 0.214. The average Bonchev–Trinajstić information content (AvgIpc) is 2.92. The molecule has 0 aliphatic rings. The van der Waals surface area contributed by atoms with Crippen LogP contribution in [0, 0.1) is 0 Å². The predicted octanol–water partition coefficient (Wildman–Crippen LogP) is 2.50. The van der Waals surface area contributed by atoms with Crippen LogP contribution in [0.15, 0.2) is 36.7 Å². The maximum atomic E-state index is 11.9. The van der Waals surface area contributed by atoms with E-state index in [0.29, 0.717) is 17.1 Å². The van der Waals surface area contributed by atoms with Gasteiger partial charge in [0.25, 0.3) is 0 Å². The zero-order valence-corrected chi connectivity index (χ0v) is 11.3. The number of H-pyrrole nitrogens is 1. The molecule has 0 saturated heterocycles. The molecule has 104 valence electrons. The van der Waals surface area contributed by atoms with Crippen molar-refractivity contribution in [3.05, 3.63) is 48.0 Å². The second-order valence-corrected chi connectivity index (χ2v) is 4.43. The van der Waals surface area contributed by atoms with Crippen molar-refractivity contribution < 1.29 is 9.59 Å². The van der Waals surface area contributed by atoms with Gasteiger partial charge in [0.15, 0.2) is 5.78 Å². The van der Waals surface area contributed by atoms with E-state index in [9.17, 15) is 9.59 Å². The van der Waals surface area contributed by atoms with E-state index < -0.39 is 0 Å². The summed E-state index contributed by atoms with van der Waals surface area (Å²) in [7, 11) is 0. The minimum absolute atomic E-state index is 0.0435. The number of hydrogen-bond donors (Lipinski definition) is 3. The number of nitrogens with one attached hydrogen (secondary N) is 3. The van der Waals surface area contributed by atoms with Crippen LogP contribution in [0.1, 0.15) is 36.1 Å². The molecule has 1 unspecified atom stereocenters. The smallest absolute Gasteiger partial charge is 0.319 e. The van der Waals surface area contributed by atoms with Crippen molar-refractivity contribution >= 4 is 17.5 Å². The quantitative estimate of drug-likeness (QED) is 0.747. The number of carbonyl (C=O) groups is 2. The topological polar surface area (TPSA) is 86.9 Å². The molecule has 0 fully saturated rings. The van der Waals surface area contributed by atoms with Gasteiger partial charge in [-0.05, 0) is 26.0 Å². The van der Waals surface area contributed by atoms with E-state index in [-0.39, 0.29) is 17.9 Å². The second kappa shape index (κ2) is 6.01. The molecule has 1 atom stereocenters. The highest BCUT2D eigenvalue weighted by Gasteiger charge is 2.11. The number of aromatic nitrogens is 2. The molecule has 6 nitrogen and oxygen atoms in total. The molecule has 0 spiro atoms. The molecule has 1 aromatic heterocycles. The van der Waals surface area contributed by atoms with Crippen molar-refractivity contribution in [2.75, 3.05) is 5.32 Å². The maximum absolute atomic E-state index is 11.9. The lowest BCUT2D eigenvalue weighted by Gasteiger charge is -2.12. The summed E-state index contributed by atoms with van der Waals surface area (Å²) in [6.07, 6.45) is 3.32. The summed E-state index contributed by atoms with van der Waals surface area (Å²) in [6, 6.07) is 6.21. The Kier molecular flexibility index (Phi) is 4.14. The third kappa shape index (κ3) is 3.44. The highest BCUT2D eigenvalue weighted by atomic mass is 16.2. The predicted molar refractivity (Wildman–Crippen MR) is 75.6 cm³/mol. The SMILES string of the molecule is CC(=O)c1cccc(NC(=O)NC(C)c2ncc[nH]2)c1. The van der Waals surface area contributed by atoms with Crippen LogP contribution >= 0.6 is 0 Å². The summed E-state index contributed by atoms with van der Waals surface area (Å²) in [5, 5.41) is 5.44. The fourth-order valence-electron chi connectivity index (χ4n) is 1.76. The normalized spacial score (nSPS) is 11.7. The largest absolute Gasteiger partial charge is 0.347 e. The lowest BCUT2D eigenvalue weighted by Crippen LogP contribution is -2.31. The van der Waals surface area contributed by atoms with Crippen LogP contribution in [0.4, 0.5) is 10.5 Å². The Morgan fingerprint density at radius 2 is 2.15 bits per heavy atom. The number of rotatable bonds is 4. The van der Waals surface area contributed by atoms with Gasteiger partial charge in [-0.2, -0.15) is 0 Å². The molecule has 1 aromatic carbocycles. The number of nitrogens with zero attached hydrogens (tertiary/aromatic N) is 1. The molecule has 0 bridgehead atoms. The van der Waals surface area contributed by atoms with Gasteiger partial charge >= 0.3 is 6.03 Å². The van der Waals surface area contributed by atoms with Gasteiger partial charge in [0.05, 0.1) is 6.04 Å². The fourth-order valence-corrected chi connectivity index (χ4v) is 1.76. The van der Waals surface area contributed by atoms with Crippen molar-refractivity contribution in [3.8, 4) is 0 Å². The average molecular weight is 272 g/mol. The first-order chi connectivity index (χ1) is 9.56. The van der Waals surface area contributed by atoms with Crippen LogP contribution in [0.25, 0.3) is 0 Å². The summed E-state index contributed by atoms with van der Waals surface area (Å²) in [5.41, 5.74) is 1.13. The molecule has 1 heterocycles. The molecule has 6 heteroatoms. The summed E-state index contributed by atoms with van der Waals surface area (Å²) < 4.78 is 0. The number of aromatic amines is 1. The lowest BCUT2D eigenvalue weighted by molar-refractivity contribution is 0.101. The summed E-state index contributed by atoms with van der Waals surface area (Å²) >= 11 is 0. The minimum atomic E-state index is -0.352. The number of urea groups is 1. The van der Waals surface area contributed by atoms with Crippen molar-refractivity contribution in [2.45, 2.75) is 19.9 Å². The molecular weight excluding hydrogens is 256 g/mol. The van der Waals surface area contributed by atoms with Crippen LogP contribution < -0.4 is 10.6 Å². The van der Waals surface area contributed by atoms with Gasteiger partial charge in [0.1, 0.15) is 5.82 Å². The summed E-state index contributed by atoms with van der Waals surface area (Å²) in [6.45, 7) is 3.31. The van der Waals surface area contributed by atoms with Crippen LogP contribution in [0.3, 0.4) is 0 Å². The molecule has 2 rings (SSSR count). The maximum Gasteiger partial charge on any atom is 0.319 e. The number of hydrogen-bond acceptors (Lipinski definition) is 3. The Morgan fingerprint density at radius 1 is 1.35 bits per heavy atom. The summed E-state index contributed by atoms with van der Waals surface area (Å²) in [5.74, 6) is 0.635. The Morgan fingerprint density at radius 3 is 2.80 bits per heavy atom. The van der Waals surface area contributed by atoms with Crippen molar-refractivity contribution in [3.63, 3.8) is 0 Å². The number of ketones is 1. The van der Waals surface area contributed by atoms with Crippen molar-refractivity contribution in [1.29, 1.82) is 0 Å². The molecule has 0 radical (unpaired) electrons.